The fourth-order valence-corrected chi connectivity index (χ4v) is 2.51. The Bertz CT molecular complexity index is 487. The van der Waals surface area contributed by atoms with Gasteiger partial charge in [0.2, 0.25) is 0 Å². The van der Waals surface area contributed by atoms with Crippen LogP contribution in [0, 0.1) is 0 Å². The predicted molar refractivity (Wildman–Crippen MR) is 64.4 cm³/mol. The first-order valence-corrected chi connectivity index (χ1v) is 6.10. The van der Waals surface area contributed by atoms with Gasteiger partial charge in [0.1, 0.15) is 0 Å². The largest absolute Gasteiger partial charge is 0.465 e. The number of amides is 1. The smallest absolute Gasteiger partial charge is 0.416 e. The second-order valence-corrected chi connectivity index (χ2v) is 4.82. The molecule has 0 aromatic heterocycles. The molecule has 0 aliphatic carbocycles. The zero-order chi connectivity index (χ0) is 14.9. The summed E-state index contributed by atoms with van der Waals surface area (Å²) in [4.78, 5) is 12.1. The minimum atomic E-state index is -4.38. The molecule has 1 amide bonds. The van der Waals surface area contributed by atoms with Crippen molar-refractivity contribution in [2.75, 3.05) is 13.2 Å². The number of benzene rings is 1. The van der Waals surface area contributed by atoms with Crippen molar-refractivity contribution in [1.82, 2.24) is 4.90 Å². The highest BCUT2D eigenvalue weighted by molar-refractivity contribution is 5.66. The Labute approximate surface area is 113 Å². The van der Waals surface area contributed by atoms with E-state index in [4.69, 9.17) is 10.2 Å². The number of hydrogen-bond donors (Lipinski definition) is 2. The molecule has 110 valence electrons. The zero-order valence-electron chi connectivity index (χ0n) is 10.5. The first kappa shape index (κ1) is 14.6. The predicted octanol–water partition coefficient (Wildman–Crippen LogP) is 2.53. The molecule has 1 fully saturated rings. The summed E-state index contributed by atoms with van der Waals surface area (Å²) in [6.07, 6.45) is -5.10. The van der Waals surface area contributed by atoms with Gasteiger partial charge in [0.05, 0.1) is 18.2 Å². The number of carboxylic acid groups (broad SMARTS) is 1. The normalized spacial score (nSPS) is 23.1. The zero-order valence-corrected chi connectivity index (χ0v) is 10.5. The third-order valence-corrected chi connectivity index (χ3v) is 3.58. The lowest BCUT2D eigenvalue weighted by molar-refractivity contribution is -0.137. The van der Waals surface area contributed by atoms with Crippen LogP contribution in [0.15, 0.2) is 24.3 Å². The summed E-state index contributed by atoms with van der Waals surface area (Å²) in [6, 6.07) is 4.22. The molecule has 0 radical (unpaired) electrons. The number of alkyl halides is 3. The van der Waals surface area contributed by atoms with Gasteiger partial charge in [0.25, 0.3) is 0 Å². The lowest BCUT2D eigenvalue weighted by atomic mass is 9.95. The molecular formula is C13H14F3NO3. The summed E-state index contributed by atoms with van der Waals surface area (Å²) in [7, 11) is 0. The molecule has 20 heavy (non-hydrogen) atoms. The number of hydrogen-bond acceptors (Lipinski definition) is 2. The highest BCUT2D eigenvalue weighted by Gasteiger charge is 2.36. The minimum absolute atomic E-state index is 0.186. The molecule has 7 heteroatoms. The molecular weight excluding hydrogens is 275 g/mol. The van der Waals surface area contributed by atoms with E-state index in [1.807, 2.05) is 0 Å². The Hall–Kier alpha value is -1.76. The average molecular weight is 289 g/mol. The molecule has 1 aliphatic heterocycles. The summed E-state index contributed by atoms with van der Waals surface area (Å²) in [6.45, 7) is -0.102. The van der Waals surface area contributed by atoms with Crippen LogP contribution in [0.5, 0.6) is 0 Å². The highest BCUT2D eigenvalue weighted by Crippen LogP contribution is 2.34. The summed E-state index contributed by atoms with van der Waals surface area (Å²) < 4.78 is 37.4. The van der Waals surface area contributed by atoms with Gasteiger partial charge in [0.15, 0.2) is 0 Å². The van der Waals surface area contributed by atoms with Gasteiger partial charge in [-0.2, -0.15) is 13.2 Å². The molecule has 2 atom stereocenters. The van der Waals surface area contributed by atoms with Gasteiger partial charge in [-0.1, -0.05) is 12.1 Å². The molecule has 0 bridgehead atoms. The summed E-state index contributed by atoms with van der Waals surface area (Å²) in [5.41, 5.74) is -0.0757. The van der Waals surface area contributed by atoms with Crippen LogP contribution in [-0.2, 0) is 6.18 Å². The SMILES string of the molecule is O=C(O)N1CC(c2ccc(C(F)(F)F)cc2)C[C@@H]1CO. The molecule has 4 nitrogen and oxygen atoms in total. The van der Waals surface area contributed by atoms with Crippen molar-refractivity contribution in [3.05, 3.63) is 35.4 Å². The van der Waals surface area contributed by atoms with Crippen molar-refractivity contribution in [2.45, 2.75) is 24.6 Å². The van der Waals surface area contributed by atoms with Gasteiger partial charge >= 0.3 is 12.3 Å². The molecule has 2 N–H and O–H groups in total. The number of likely N-dealkylation sites (tertiary alicyclic amines) is 1. The van der Waals surface area contributed by atoms with E-state index in [1.54, 1.807) is 0 Å². The molecule has 1 unspecified atom stereocenters. The number of carbonyl (C=O) groups is 1. The second-order valence-electron chi connectivity index (χ2n) is 4.82. The van der Waals surface area contributed by atoms with E-state index in [-0.39, 0.29) is 19.1 Å². The van der Waals surface area contributed by atoms with Crippen LogP contribution in [0.1, 0.15) is 23.5 Å². The van der Waals surface area contributed by atoms with Crippen molar-refractivity contribution in [2.24, 2.45) is 0 Å². The maximum absolute atomic E-state index is 12.5. The van der Waals surface area contributed by atoms with Crippen LogP contribution in [0.2, 0.25) is 0 Å². The monoisotopic (exact) mass is 289 g/mol. The van der Waals surface area contributed by atoms with Gasteiger partial charge in [-0.25, -0.2) is 4.79 Å². The van der Waals surface area contributed by atoms with E-state index in [0.29, 0.717) is 12.0 Å². The van der Waals surface area contributed by atoms with E-state index in [0.717, 1.165) is 17.0 Å². The Morgan fingerprint density at radius 2 is 1.90 bits per heavy atom. The second kappa shape index (κ2) is 5.32. The summed E-state index contributed by atoms with van der Waals surface area (Å²) in [5.74, 6) is -0.189. The Morgan fingerprint density at radius 1 is 1.30 bits per heavy atom. The molecule has 1 aliphatic rings. The van der Waals surface area contributed by atoms with Crippen LogP contribution in [0.3, 0.4) is 0 Å². The molecule has 1 heterocycles. The molecule has 0 saturated carbocycles. The van der Waals surface area contributed by atoms with Gasteiger partial charge in [-0.05, 0) is 24.1 Å². The van der Waals surface area contributed by atoms with Crippen LogP contribution in [-0.4, -0.2) is 40.4 Å². The van der Waals surface area contributed by atoms with Crippen molar-refractivity contribution in [3.63, 3.8) is 0 Å². The molecule has 0 spiro atoms. The van der Waals surface area contributed by atoms with Gasteiger partial charge in [-0.3, -0.25) is 0 Å². The van der Waals surface area contributed by atoms with E-state index < -0.39 is 23.9 Å². The number of rotatable bonds is 2. The van der Waals surface area contributed by atoms with Crippen LogP contribution >= 0.6 is 0 Å². The van der Waals surface area contributed by atoms with Crippen LogP contribution in [0.25, 0.3) is 0 Å². The fraction of sp³-hybridized carbons (Fsp3) is 0.462. The van der Waals surface area contributed by atoms with E-state index >= 15 is 0 Å². The van der Waals surface area contributed by atoms with Crippen LogP contribution < -0.4 is 0 Å². The lowest BCUT2D eigenvalue weighted by Gasteiger charge is -2.18. The third-order valence-electron chi connectivity index (χ3n) is 3.58. The molecule has 1 saturated heterocycles. The lowest BCUT2D eigenvalue weighted by Crippen LogP contribution is -2.36. The van der Waals surface area contributed by atoms with Crippen molar-refractivity contribution >= 4 is 6.09 Å². The Morgan fingerprint density at radius 3 is 2.30 bits per heavy atom. The first-order valence-electron chi connectivity index (χ1n) is 6.10. The van der Waals surface area contributed by atoms with E-state index in [2.05, 4.69) is 0 Å². The maximum atomic E-state index is 12.5. The van der Waals surface area contributed by atoms with Gasteiger partial charge < -0.3 is 15.1 Å². The van der Waals surface area contributed by atoms with E-state index in [9.17, 15) is 18.0 Å². The van der Waals surface area contributed by atoms with Gasteiger partial charge in [0, 0.05) is 12.5 Å². The van der Waals surface area contributed by atoms with Crippen molar-refractivity contribution in [3.8, 4) is 0 Å². The van der Waals surface area contributed by atoms with Crippen molar-refractivity contribution < 1.29 is 28.2 Å². The standard InChI is InChI=1S/C13H14F3NO3/c14-13(15,16)10-3-1-8(2-4-10)9-5-11(7-18)17(6-9)12(19)20/h1-4,9,11,18H,5-7H2,(H,19,20)/t9?,11-/m1/s1. The summed E-state index contributed by atoms with van der Waals surface area (Å²) >= 11 is 0. The third kappa shape index (κ3) is 2.87. The topological polar surface area (TPSA) is 60.8 Å². The number of aliphatic hydroxyl groups is 1. The highest BCUT2D eigenvalue weighted by atomic mass is 19.4. The first-order chi connectivity index (χ1) is 9.32. The Kier molecular flexibility index (Phi) is 3.89. The molecule has 2 rings (SSSR count). The number of halogens is 3. The van der Waals surface area contributed by atoms with Gasteiger partial charge in [-0.15, -0.1) is 0 Å². The van der Waals surface area contributed by atoms with E-state index in [1.165, 1.54) is 12.1 Å². The minimum Gasteiger partial charge on any atom is -0.465 e. The number of aliphatic hydroxyl groups excluding tert-OH is 1. The summed E-state index contributed by atoms with van der Waals surface area (Å²) in [5, 5.41) is 18.1. The Balaban J connectivity index is 2.15. The molecule has 1 aromatic carbocycles. The average Bonchev–Trinajstić information content (AvgIpc) is 2.82. The maximum Gasteiger partial charge on any atom is 0.416 e. The quantitative estimate of drug-likeness (QED) is 0.879. The van der Waals surface area contributed by atoms with Crippen molar-refractivity contribution in [1.29, 1.82) is 0 Å². The van der Waals surface area contributed by atoms with Crippen LogP contribution in [0.4, 0.5) is 18.0 Å². The fourth-order valence-electron chi connectivity index (χ4n) is 2.51. The number of nitrogens with zero attached hydrogens (tertiary/aromatic N) is 1. The molecule has 1 aromatic rings.